The van der Waals surface area contributed by atoms with Crippen LogP contribution in [0.5, 0.6) is 5.75 Å². The SMILES string of the molecule is COc1c(N)nsc1NCCc1ncno1. The van der Waals surface area contributed by atoms with Crippen molar-refractivity contribution in [2.75, 3.05) is 24.7 Å². The molecule has 0 aliphatic heterocycles. The average Bonchev–Trinajstić information content (AvgIpc) is 2.89. The van der Waals surface area contributed by atoms with Crippen LogP contribution in [0.4, 0.5) is 10.8 Å². The van der Waals surface area contributed by atoms with Crippen molar-refractivity contribution in [1.82, 2.24) is 14.5 Å². The van der Waals surface area contributed by atoms with Crippen LogP contribution in [0.15, 0.2) is 10.9 Å². The van der Waals surface area contributed by atoms with E-state index < -0.39 is 0 Å². The summed E-state index contributed by atoms with van der Waals surface area (Å²) in [7, 11) is 1.56. The highest BCUT2D eigenvalue weighted by atomic mass is 32.1. The molecule has 0 saturated carbocycles. The second kappa shape index (κ2) is 4.79. The van der Waals surface area contributed by atoms with Gasteiger partial charge in [0, 0.05) is 13.0 Å². The van der Waals surface area contributed by atoms with Crippen molar-refractivity contribution in [2.45, 2.75) is 6.42 Å². The number of hydrogen-bond donors (Lipinski definition) is 2. The highest BCUT2D eigenvalue weighted by molar-refractivity contribution is 7.11. The van der Waals surface area contributed by atoms with E-state index in [4.69, 9.17) is 15.0 Å². The number of nitrogen functional groups attached to an aromatic ring is 1. The third-order valence-electron chi connectivity index (χ3n) is 1.91. The van der Waals surface area contributed by atoms with Gasteiger partial charge in [-0.3, -0.25) is 0 Å². The fourth-order valence-electron chi connectivity index (χ4n) is 1.19. The smallest absolute Gasteiger partial charge is 0.228 e. The molecule has 0 fully saturated rings. The molecule has 0 unspecified atom stereocenters. The molecule has 3 N–H and O–H groups in total. The van der Waals surface area contributed by atoms with Gasteiger partial charge in [0.15, 0.2) is 22.9 Å². The number of anilines is 2. The van der Waals surface area contributed by atoms with Gasteiger partial charge < -0.3 is 20.3 Å². The molecule has 2 rings (SSSR count). The minimum Gasteiger partial charge on any atom is -0.490 e. The largest absolute Gasteiger partial charge is 0.490 e. The van der Waals surface area contributed by atoms with E-state index in [-0.39, 0.29) is 0 Å². The zero-order valence-electron chi connectivity index (χ0n) is 8.64. The van der Waals surface area contributed by atoms with E-state index >= 15 is 0 Å². The van der Waals surface area contributed by atoms with Crippen LogP contribution in [0.25, 0.3) is 0 Å². The van der Waals surface area contributed by atoms with E-state index in [0.717, 1.165) is 5.00 Å². The summed E-state index contributed by atoms with van der Waals surface area (Å²) < 4.78 is 14.0. The van der Waals surface area contributed by atoms with Crippen LogP contribution in [0.3, 0.4) is 0 Å². The monoisotopic (exact) mass is 241 g/mol. The number of nitrogens with one attached hydrogen (secondary N) is 1. The standard InChI is InChI=1S/C8H11N5O2S/c1-14-6-7(9)13-16-8(6)10-3-2-5-11-4-12-15-5/h4,10H,2-3H2,1H3,(H2,9,13). The van der Waals surface area contributed by atoms with E-state index in [9.17, 15) is 0 Å². The van der Waals surface area contributed by atoms with E-state index in [2.05, 4.69) is 19.8 Å². The van der Waals surface area contributed by atoms with Gasteiger partial charge in [-0.15, -0.1) is 0 Å². The number of methoxy groups -OCH3 is 1. The van der Waals surface area contributed by atoms with Gasteiger partial charge in [-0.05, 0) is 11.5 Å². The van der Waals surface area contributed by atoms with Gasteiger partial charge in [0.1, 0.15) is 0 Å². The summed E-state index contributed by atoms with van der Waals surface area (Å²) >= 11 is 1.26. The molecule has 8 heteroatoms. The molecule has 0 amide bonds. The molecule has 86 valence electrons. The molecule has 2 aromatic rings. The van der Waals surface area contributed by atoms with Crippen LogP contribution in [0.2, 0.25) is 0 Å². The van der Waals surface area contributed by atoms with Gasteiger partial charge in [0.2, 0.25) is 5.89 Å². The van der Waals surface area contributed by atoms with E-state index in [1.807, 2.05) is 0 Å². The maximum absolute atomic E-state index is 5.61. The van der Waals surface area contributed by atoms with Gasteiger partial charge in [-0.25, -0.2) is 0 Å². The van der Waals surface area contributed by atoms with Crippen LogP contribution in [0, 0.1) is 0 Å². The third kappa shape index (κ3) is 2.22. The second-order valence-corrected chi connectivity index (χ2v) is 3.72. The summed E-state index contributed by atoms with van der Waals surface area (Å²) in [4.78, 5) is 3.91. The summed E-state index contributed by atoms with van der Waals surface area (Å²) in [5.74, 6) is 1.56. The van der Waals surface area contributed by atoms with Gasteiger partial charge in [0.25, 0.3) is 0 Å². The van der Waals surface area contributed by atoms with Crippen molar-refractivity contribution >= 4 is 22.4 Å². The molecular weight excluding hydrogens is 230 g/mol. The van der Waals surface area contributed by atoms with E-state index in [1.54, 1.807) is 7.11 Å². The molecule has 0 aromatic carbocycles. The van der Waals surface area contributed by atoms with Crippen LogP contribution in [-0.2, 0) is 6.42 Å². The third-order valence-corrected chi connectivity index (χ3v) is 2.71. The Morgan fingerprint density at radius 2 is 2.50 bits per heavy atom. The van der Waals surface area contributed by atoms with Crippen molar-refractivity contribution in [1.29, 1.82) is 0 Å². The Morgan fingerprint density at radius 1 is 1.62 bits per heavy atom. The lowest BCUT2D eigenvalue weighted by Crippen LogP contribution is -2.04. The number of nitrogens with two attached hydrogens (primary N) is 1. The van der Waals surface area contributed by atoms with Crippen LogP contribution in [0.1, 0.15) is 5.89 Å². The molecule has 2 aromatic heterocycles. The first-order valence-corrected chi connectivity index (χ1v) is 5.37. The first-order chi connectivity index (χ1) is 7.81. The predicted molar refractivity (Wildman–Crippen MR) is 59.6 cm³/mol. The molecule has 0 atom stereocenters. The molecule has 0 bridgehead atoms. The number of nitrogens with zero attached hydrogens (tertiary/aromatic N) is 3. The Balaban J connectivity index is 1.89. The van der Waals surface area contributed by atoms with Crippen LogP contribution >= 0.6 is 11.5 Å². The lowest BCUT2D eigenvalue weighted by molar-refractivity contribution is 0.379. The summed E-state index contributed by atoms with van der Waals surface area (Å²) in [5.41, 5.74) is 5.61. The van der Waals surface area contributed by atoms with E-state index in [1.165, 1.54) is 17.9 Å². The maximum Gasteiger partial charge on any atom is 0.228 e. The quantitative estimate of drug-likeness (QED) is 0.797. The summed E-state index contributed by atoms with van der Waals surface area (Å²) in [6.07, 6.45) is 2.02. The summed E-state index contributed by atoms with van der Waals surface area (Å²) in [6, 6.07) is 0. The molecule has 0 aliphatic rings. The van der Waals surface area contributed by atoms with Gasteiger partial charge in [-0.2, -0.15) is 9.36 Å². The molecule has 0 spiro atoms. The fraction of sp³-hybridized carbons (Fsp3) is 0.375. The summed E-state index contributed by atoms with van der Waals surface area (Å²) in [6.45, 7) is 0.653. The van der Waals surface area contributed by atoms with Crippen molar-refractivity contribution < 1.29 is 9.26 Å². The highest BCUT2D eigenvalue weighted by Gasteiger charge is 2.11. The van der Waals surface area contributed by atoms with Gasteiger partial charge in [0.05, 0.1) is 7.11 Å². The predicted octanol–water partition coefficient (Wildman–Crippen LogP) is 0.772. The second-order valence-electron chi connectivity index (χ2n) is 2.94. The average molecular weight is 241 g/mol. The Morgan fingerprint density at radius 3 is 3.19 bits per heavy atom. The number of aromatic nitrogens is 3. The Hall–Kier alpha value is -1.83. The minimum absolute atomic E-state index is 0.396. The zero-order valence-corrected chi connectivity index (χ0v) is 9.45. The highest BCUT2D eigenvalue weighted by Crippen LogP contribution is 2.34. The minimum atomic E-state index is 0.396. The molecule has 2 heterocycles. The number of rotatable bonds is 5. The fourth-order valence-corrected chi connectivity index (χ4v) is 1.90. The summed E-state index contributed by atoms with van der Waals surface area (Å²) in [5, 5.41) is 7.47. The molecule has 0 saturated heterocycles. The molecule has 16 heavy (non-hydrogen) atoms. The van der Waals surface area contributed by atoms with Crippen LogP contribution in [-0.4, -0.2) is 28.2 Å². The Labute approximate surface area is 95.8 Å². The molecule has 7 nitrogen and oxygen atoms in total. The first-order valence-electron chi connectivity index (χ1n) is 4.60. The molecule has 0 aliphatic carbocycles. The van der Waals surface area contributed by atoms with Crippen molar-refractivity contribution in [3.8, 4) is 5.75 Å². The lowest BCUT2D eigenvalue weighted by atomic mass is 10.4. The van der Waals surface area contributed by atoms with Gasteiger partial charge in [-0.1, -0.05) is 5.16 Å². The number of hydrogen-bond acceptors (Lipinski definition) is 8. The maximum atomic E-state index is 5.61. The Bertz CT molecular complexity index is 441. The van der Waals surface area contributed by atoms with E-state index in [0.29, 0.717) is 30.4 Å². The van der Waals surface area contributed by atoms with Gasteiger partial charge >= 0.3 is 0 Å². The topological polar surface area (TPSA) is 99.1 Å². The van der Waals surface area contributed by atoms with Crippen molar-refractivity contribution in [3.05, 3.63) is 12.2 Å². The first kappa shape index (κ1) is 10.7. The number of ether oxygens (including phenoxy) is 1. The lowest BCUT2D eigenvalue weighted by Gasteiger charge is -2.03. The van der Waals surface area contributed by atoms with Crippen molar-refractivity contribution in [3.63, 3.8) is 0 Å². The molecule has 0 radical (unpaired) electrons. The van der Waals surface area contributed by atoms with Crippen molar-refractivity contribution in [2.24, 2.45) is 0 Å². The molecular formula is C8H11N5O2S. The normalized spacial score (nSPS) is 10.3. The Kier molecular flexibility index (Phi) is 3.20. The zero-order chi connectivity index (χ0) is 11.4. The van der Waals surface area contributed by atoms with Crippen LogP contribution < -0.4 is 15.8 Å².